The summed E-state index contributed by atoms with van der Waals surface area (Å²) in [7, 11) is 0. The fraction of sp³-hybridized carbons (Fsp3) is 0.0556. The number of benzene rings is 2. The average Bonchev–Trinajstić information content (AvgIpc) is 3.02. The van der Waals surface area contributed by atoms with Crippen LogP contribution in [0.25, 0.3) is 17.0 Å². The van der Waals surface area contributed by atoms with Crippen LogP contribution in [-0.4, -0.2) is 15.9 Å². The number of nitrogens with one attached hydrogen (secondary N) is 1. The van der Waals surface area contributed by atoms with Crippen molar-refractivity contribution in [3.63, 3.8) is 0 Å². The van der Waals surface area contributed by atoms with Gasteiger partial charge in [-0.05, 0) is 35.9 Å². The van der Waals surface area contributed by atoms with Crippen molar-refractivity contribution in [3.05, 3.63) is 70.9 Å². The Morgan fingerprint density at radius 2 is 2.00 bits per heavy atom. The van der Waals surface area contributed by atoms with Gasteiger partial charge in [0.25, 0.3) is 0 Å². The van der Waals surface area contributed by atoms with Gasteiger partial charge in [-0.2, -0.15) is 0 Å². The molecule has 0 atom stereocenters. The van der Waals surface area contributed by atoms with Crippen LogP contribution in [0.15, 0.2) is 54.2 Å². The molecular weight excluding hydrogens is 262 g/mol. The number of allylic oxidation sites excluding steroid dienone is 1. The Kier molecular flexibility index (Phi) is 2.48. The lowest BCUT2D eigenvalue weighted by Crippen LogP contribution is -1.94. The first kappa shape index (κ1) is 12.0. The monoisotopic (exact) mass is 275 g/mol. The normalized spacial score (nSPS) is 15.8. The summed E-state index contributed by atoms with van der Waals surface area (Å²) in [6.07, 6.45) is 4.44. The summed E-state index contributed by atoms with van der Waals surface area (Å²) in [5.41, 5.74) is 4.43. The van der Waals surface area contributed by atoms with Crippen molar-refractivity contribution in [2.75, 3.05) is 0 Å². The van der Waals surface area contributed by atoms with Gasteiger partial charge in [0.2, 0.25) is 0 Å². The van der Waals surface area contributed by atoms with E-state index in [1.54, 1.807) is 18.2 Å². The number of ketones is 1. The van der Waals surface area contributed by atoms with Crippen LogP contribution in [0.3, 0.4) is 0 Å². The van der Waals surface area contributed by atoms with Gasteiger partial charge in [0.15, 0.2) is 5.78 Å². The number of phenols is 1. The quantitative estimate of drug-likeness (QED) is 0.665. The predicted molar refractivity (Wildman–Crippen MR) is 82.4 cm³/mol. The molecule has 1 aliphatic carbocycles. The highest BCUT2D eigenvalue weighted by molar-refractivity contribution is 6.16. The number of para-hydroxylation sites is 1. The first-order valence-corrected chi connectivity index (χ1v) is 6.85. The lowest BCUT2D eigenvalue weighted by molar-refractivity contribution is 0.104. The van der Waals surface area contributed by atoms with Gasteiger partial charge < -0.3 is 10.1 Å². The summed E-state index contributed by atoms with van der Waals surface area (Å²) in [6.45, 7) is 0. The van der Waals surface area contributed by atoms with E-state index in [0.29, 0.717) is 12.0 Å². The molecule has 3 aromatic rings. The number of hydrogen-bond donors (Lipinski definition) is 2. The number of aromatic hydroxyl groups is 1. The van der Waals surface area contributed by atoms with E-state index in [0.717, 1.165) is 27.6 Å². The number of carbonyl (C=O) groups excluding carboxylic acids is 1. The first-order valence-electron chi connectivity index (χ1n) is 6.85. The van der Waals surface area contributed by atoms with Crippen molar-refractivity contribution in [1.82, 2.24) is 4.98 Å². The molecule has 1 aromatic heterocycles. The summed E-state index contributed by atoms with van der Waals surface area (Å²) in [4.78, 5) is 15.6. The molecule has 1 heterocycles. The molecule has 0 bridgehead atoms. The van der Waals surface area contributed by atoms with Crippen molar-refractivity contribution in [1.29, 1.82) is 0 Å². The SMILES string of the molecule is O=C1C(=Cc2c[nH]c3ccccc23)Cc2cc(O)ccc21. The van der Waals surface area contributed by atoms with Gasteiger partial charge in [-0.15, -0.1) is 0 Å². The second kappa shape index (κ2) is 4.35. The highest BCUT2D eigenvalue weighted by Crippen LogP contribution is 2.31. The summed E-state index contributed by atoms with van der Waals surface area (Å²) in [5, 5.41) is 10.6. The zero-order chi connectivity index (χ0) is 14.4. The first-order chi connectivity index (χ1) is 10.2. The van der Waals surface area contributed by atoms with E-state index >= 15 is 0 Å². The van der Waals surface area contributed by atoms with Gasteiger partial charge in [0.05, 0.1) is 0 Å². The number of aromatic amines is 1. The van der Waals surface area contributed by atoms with E-state index in [4.69, 9.17) is 0 Å². The van der Waals surface area contributed by atoms with Crippen LogP contribution in [0.1, 0.15) is 21.5 Å². The van der Waals surface area contributed by atoms with Crippen molar-refractivity contribution in [2.45, 2.75) is 6.42 Å². The standard InChI is InChI=1S/C18H13NO2/c20-14-5-6-16-11(9-14)7-12(18(16)21)8-13-10-19-17-4-2-1-3-15(13)17/h1-6,8-10,19-20H,7H2. The van der Waals surface area contributed by atoms with Gasteiger partial charge in [-0.1, -0.05) is 18.2 Å². The summed E-state index contributed by atoms with van der Waals surface area (Å²) in [6, 6.07) is 12.9. The van der Waals surface area contributed by atoms with Crippen molar-refractivity contribution in [2.24, 2.45) is 0 Å². The molecule has 4 rings (SSSR count). The Balaban J connectivity index is 1.80. The Morgan fingerprint density at radius 1 is 1.14 bits per heavy atom. The largest absolute Gasteiger partial charge is 0.508 e. The molecule has 3 nitrogen and oxygen atoms in total. The fourth-order valence-electron chi connectivity index (χ4n) is 2.92. The zero-order valence-corrected chi connectivity index (χ0v) is 11.3. The molecule has 3 heteroatoms. The summed E-state index contributed by atoms with van der Waals surface area (Å²) >= 11 is 0. The van der Waals surface area contributed by atoms with E-state index in [1.165, 1.54) is 0 Å². The van der Waals surface area contributed by atoms with Crippen LogP contribution in [0.4, 0.5) is 0 Å². The molecule has 0 fully saturated rings. The van der Waals surface area contributed by atoms with Crippen LogP contribution < -0.4 is 0 Å². The van der Waals surface area contributed by atoms with E-state index in [1.807, 2.05) is 36.5 Å². The van der Waals surface area contributed by atoms with Crippen LogP contribution in [0, 0.1) is 0 Å². The summed E-state index contributed by atoms with van der Waals surface area (Å²) in [5.74, 6) is 0.255. The molecule has 102 valence electrons. The third kappa shape index (κ3) is 1.86. The predicted octanol–water partition coefficient (Wildman–Crippen LogP) is 3.70. The number of H-pyrrole nitrogens is 1. The summed E-state index contributed by atoms with van der Waals surface area (Å²) < 4.78 is 0. The van der Waals surface area contributed by atoms with Crippen LogP contribution in [-0.2, 0) is 6.42 Å². The Labute approximate surface area is 121 Å². The molecule has 0 aliphatic heterocycles. The van der Waals surface area contributed by atoms with E-state index < -0.39 is 0 Å². The minimum absolute atomic E-state index is 0.0512. The fourth-order valence-corrected chi connectivity index (χ4v) is 2.92. The number of carbonyl (C=O) groups is 1. The van der Waals surface area contributed by atoms with Crippen LogP contribution >= 0.6 is 0 Å². The molecule has 0 unspecified atom stereocenters. The minimum Gasteiger partial charge on any atom is -0.508 e. The molecule has 0 saturated heterocycles. The maximum Gasteiger partial charge on any atom is 0.189 e. The minimum atomic E-state index is 0.0512. The van der Waals surface area contributed by atoms with Crippen molar-refractivity contribution < 1.29 is 9.90 Å². The van der Waals surface area contributed by atoms with E-state index in [-0.39, 0.29) is 11.5 Å². The Morgan fingerprint density at radius 3 is 2.90 bits per heavy atom. The van der Waals surface area contributed by atoms with E-state index in [9.17, 15) is 9.90 Å². The Hall–Kier alpha value is -2.81. The van der Waals surface area contributed by atoms with Gasteiger partial charge in [-0.25, -0.2) is 0 Å². The number of fused-ring (bicyclic) bond motifs is 2. The highest BCUT2D eigenvalue weighted by Gasteiger charge is 2.25. The molecule has 21 heavy (non-hydrogen) atoms. The number of aromatic nitrogens is 1. The molecular formula is C18H13NO2. The molecule has 2 N–H and O–H groups in total. The molecule has 0 amide bonds. The second-order valence-electron chi connectivity index (χ2n) is 5.31. The third-order valence-corrected chi connectivity index (χ3v) is 3.96. The van der Waals surface area contributed by atoms with Gasteiger partial charge >= 0.3 is 0 Å². The Bertz CT molecular complexity index is 902. The van der Waals surface area contributed by atoms with Crippen LogP contribution in [0.2, 0.25) is 0 Å². The van der Waals surface area contributed by atoms with E-state index in [2.05, 4.69) is 4.98 Å². The highest BCUT2D eigenvalue weighted by atomic mass is 16.3. The lowest BCUT2D eigenvalue weighted by Gasteiger charge is -1.95. The number of rotatable bonds is 1. The lowest BCUT2D eigenvalue weighted by atomic mass is 10.1. The molecule has 0 saturated carbocycles. The maximum atomic E-state index is 12.4. The number of phenolic OH excluding ortho intramolecular Hbond substituents is 1. The van der Waals surface area contributed by atoms with Crippen LogP contribution in [0.5, 0.6) is 5.75 Å². The smallest absolute Gasteiger partial charge is 0.189 e. The number of hydrogen-bond acceptors (Lipinski definition) is 2. The molecule has 1 aliphatic rings. The van der Waals surface area contributed by atoms with Gasteiger partial charge in [-0.3, -0.25) is 4.79 Å². The van der Waals surface area contributed by atoms with Gasteiger partial charge in [0, 0.05) is 40.2 Å². The average molecular weight is 275 g/mol. The van der Waals surface area contributed by atoms with Gasteiger partial charge in [0.1, 0.15) is 5.75 Å². The number of Topliss-reactive ketones (excluding diaryl/α,β-unsaturated/α-hetero) is 1. The second-order valence-corrected chi connectivity index (χ2v) is 5.31. The van der Waals surface area contributed by atoms with Crippen molar-refractivity contribution >= 4 is 22.8 Å². The third-order valence-electron chi connectivity index (χ3n) is 3.96. The van der Waals surface area contributed by atoms with Crippen molar-refractivity contribution in [3.8, 4) is 5.75 Å². The zero-order valence-electron chi connectivity index (χ0n) is 11.3. The molecule has 0 radical (unpaired) electrons. The topological polar surface area (TPSA) is 53.1 Å². The molecule has 2 aromatic carbocycles. The maximum absolute atomic E-state index is 12.4. The molecule has 0 spiro atoms.